The molecule has 0 spiro atoms. The van der Waals surface area contributed by atoms with E-state index in [1.807, 2.05) is 32.9 Å². The summed E-state index contributed by atoms with van der Waals surface area (Å²) in [6, 6.07) is 3.69. The predicted molar refractivity (Wildman–Crippen MR) is 77.4 cm³/mol. The van der Waals surface area contributed by atoms with E-state index in [2.05, 4.69) is 15.9 Å². The lowest BCUT2D eigenvalue weighted by Crippen LogP contribution is -2.35. The lowest BCUT2D eigenvalue weighted by Gasteiger charge is -2.24. The first-order chi connectivity index (χ1) is 9.24. The topological polar surface area (TPSA) is 62.9 Å². The molecule has 2 atom stereocenters. The third-order valence-electron chi connectivity index (χ3n) is 3.15. The van der Waals surface area contributed by atoms with Crippen molar-refractivity contribution < 1.29 is 19.1 Å². The highest BCUT2D eigenvalue weighted by Crippen LogP contribution is 2.25. The number of rotatable bonds is 2. The maximum absolute atomic E-state index is 12.0. The van der Waals surface area contributed by atoms with Gasteiger partial charge < -0.3 is 19.2 Å². The van der Waals surface area contributed by atoms with E-state index in [-0.39, 0.29) is 12.0 Å². The summed E-state index contributed by atoms with van der Waals surface area (Å²) >= 11 is 3.25. The third kappa shape index (κ3) is 3.99. The summed E-state index contributed by atoms with van der Waals surface area (Å²) in [5.74, 6) is 0.771. The second-order valence-electron chi connectivity index (χ2n) is 6.12. The van der Waals surface area contributed by atoms with Crippen LogP contribution in [0.5, 0.6) is 0 Å². The fourth-order valence-electron chi connectivity index (χ4n) is 2.25. The molecule has 0 bridgehead atoms. The summed E-state index contributed by atoms with van der Waals surface area (Å²) in [5.41, 5.74) is -0.522. The fraction of sp³-hybridized carbons (Fsp3) is 0.643. The smallest absolute Gasteiger partial charge is 0.410 e. The summed E-state index contributed by atoms with van der Waals surface area (Å²) < 4.78 is 11.4. The molecule has 0 saturated carbocycles. The van der Waals surface area contributed by atoms with Crippen molar-refractivity contribution in [2.24, 2.45) is 5.92 Å². The number of hydrogen-bond donors (Lipinski definition) is 1. The molecule has 1 fully saturated rings. The number of halogens is 1. The van der Waals surface area contributed by atoms with E-state index in [9.17, 15) is 9.90 Å². The van der Waals surface area contributed by atoms with Gasteiger partial charge in [0.25, 0.3) is 0 Å². The molecule has 112 valence electrons. The number of amides is 1. The number of ether oxygens (including phenoxy) is 1. The molecule has 2 rings (SSSR count). The van der Waals surface area contributed by atoms with Crippen LogP contribution in [0.1, 0.15) is 26.5 Å². The molecule has 0 radical (unpaired) electrons. The highest BCUT2D eigenvalue weighted by atomic mass is 79.9. The van der Waals surface area contributed by atoms with Crippen LogP contribution in [-0.4, -0.2) is 40.9 Å². The maximum atomic E-state index is 12.0. The minimum absolute atomic E-state index is 0.0273. The van der Waals surface area contributed by atoms with Crippen molar-refractivity contribution in [3.8, 4) is 0 Å². The molecular weight excluding hydrogens is 326 g/mol. The fourth-order valence-corrected chi connectivity index (χ4v) is 2.59. The molecule has 0 aromatic carbocycles. The molecule has 0 unspecified atom stereocenters. The highest BCUT2D eigenvalue weighted by Gasteiger charge is 2.36. The normalized spacial score (nSPS) is 23.1. The summed E-state index contributed by atoms with van der Waals surface area (Å²) in [4.78, 5) is 13.5. The Labute approximate surface area is 127 Å². The van der Waals surface area contributed by atoms with Crippen LogP contribution in [-0.2, 0) is 11.2 Å². The molecule has 1 aromatic rings. The number of furan rings is 1. The van der Waals surface area contributed by atoms with Gasteiger partial charge in [-0.05, 0) is 48.8 Å². The van der Waals surface area contributed by atoms with Crippen molar-refractivity contribution in [1.82, 2.24) is 4.90 Å². The van der Waals surface area contributed by atoms with Crippen molar-refractivity contribution in [2.75, 3.05) is 13.1 Å². The molecule has 1 aliphatic rings. The molecule has 6 heteroatoms. The van der Waals surface area contributed by atoms with Crippen molar-refractivity contribution in [2.45, 2.75) is 38.9 Å². The van der Waals surface area contributed by atoms with Crippen LogP contribution in [0.4, 0.5) is 4.79 Å². The van der Waals surface area contributed by atoms with Gasteiger partial charge in [0, 0.05) is 18.9 Å². The lowest BCUT2D eigenvalue weighted by molar-refractivity contribution is 0.0269. The van der Waals surface area contributed by atoms with Crippen LogP contribution in [0.3, 0.4) is 0 Å². The van der Waals surface area contributed by atoms with Crippen molar-refractivity contribution in [3.05, 3.63) is 22.6 Å². The van der Waals surface area contributed by atoms with E-state index in [0.29, 0.717) is 24.2 Å². The Morgan fingerprint density at radius 3 is 2.75 bits per heavy atom. The quantitative estimate of drug-likeness (QED) is 0.895. The van der Waals surface area contributed by atoms with Gasteiger partial charge in [-0.2, -0.15) is 0 Å². The zero-order valence-corrected chi connectivity index (χ0v) is 13.5. The Bertz CT molecular complexity index is 480. The summed E-state index contributed by atoms with van der Waals surface area (Å²) in [5, 5.41) is 10.1. The van der Waals surface area contributed by atoms with Gasteiger partial charge in [0.05, 0.1) is 12.6 Å². The third-order valence-corrected chi connectivity index (χ3v) is 3.58. The molecule has 1 saturated heterocycles. The summed E-state index contributed by atoms with van der Waals surface area (Å²) in [6.07, 6.45) is -0.322. The summed E-state index contributed by atoms with van der Waals surface area (Å²) in [6.45, 7) is 6.27. The largest absolute Gasteiger partial charge is 0.454 e. The second-order valence-corrected chi connectivity index (χ2v) is 6.90. The van der Waals surface area contributed by atoms with Crippen molar-refractivity contribution in [1.29, 1.82) is 0 Å². The Hall–Kier alpha value is -1.01. The first kappa shape index (κ1) is 15.4. The number of β-amino-alcohol motifs (C(OH)–C–C–N with tert-alkyl or cyclic N) is 1. The Morgan fingerprint density at radius 1 is 1.50 bits per heavy atom. The van der Waals surface area contributed by atoms with Crippen LogP contribution >= 0.6 is 15.9 Å². The number of carbonyl (C=O) groups is 1. The van der Waals surface area contributed by atoms with Crippen molar-refractivity contribution in [3.63, 3.8) is 0 Å². The SMILES string of the molecule is CC(C)(C)OC(=O)N1C[C@@H](Cc2ccc(Br)o2)[C@H](O)C1. The molecule has 1 N–H and O–H groups in total. The van der Waals surface area contributed by atoms with Gasteiger partial charge >= 0.3 is 6.09 Å². The minimum atomic E-state index is -0.550. The number of likely N-dealkylation sites (tertiary alicyclic amines) is 1. The molecule has 2 heterocycles. The van der Waals surface area contributed by atoms with Gasteiger partial charge in [-0.3, -0.25) is 0 Å². The first-order valence-electron chi connectivity index (χ1n) is 6.65. The van der Waals surface area contributed by atoms with Gasteiger partial charge in [-0.25, -0.2) is 4.79 Å². The predicted octanol–water partition coefficient (Wildman–Crippen LogP) is 2.81. The minimum Gasteiger partial charge on any atom is -0.454 e. The Kier molecular flexibility index (Phi) is 4.44. The second kappa shape index (κ2) is 5.77. The standard InChI is InChI=1S/C14H20BrNO4/c1-14(2,3)20-13(18)16-7-9(11(17)8-16)6-10-4-5-12(15)19-10/h4-5,9,11,17H,6-8H2,1-3H3/t9-,11-/m1/s1. The van der Waals surface area contributed by atoms with Crippen LogP contribution in [0.2, 0.25) is 0 Å². The van der Waals surface area contributed by atoms with E-state index in [0.717, 1.165) is 5.76 Å². The summed E-state index contributed by atoms with van der Waals surface area (Å²) in [7, 11) is 0. The van der Waals surface area contributed by atoms with E-state index in [4.69, 9.17) is 9.15 Å². The molecule has 1 amide bonds. The lowest BCUT2D eigenvalue weighted by atomic mass is 10.0. The maximum Gasteiger partial charge on any atom is 0.410 e. The number of nitrogens with zero attached hydrogens (tertiary/aromatic N) is 1. The van der Waals surface area contributed by atoms with Crippen molar-refractivity contribution >= 4 is 22.0 Å². The van der Waals surface area contributed by atoms with Gasteiger partial charge in [0.1, 0.15) is 11.4 Å². The van der Waals surface area contributed by atoms with Crippen LogP contribution in [0.15, 0.2) is 21.2 Å². The average Bonchev–Trinajstić information content (AvgIpc) is 2.85. The number of carbonyl (C=O) groups excluding carboxylic acids is 1. The van der Waals surface area contributed by atoms with Gasteiger partial charge in [0.15, 0.2) is 4.67 Å². The van der Waals surface area contributed by atoms with E-state index < -0.39 is 11.7 Å². The highest BCUT2D eigenvalue weighted by molar-refractivity contribution is 9.10. The van der Waals surface area contributed by atoms with Crippen LogP contribution < -0.4 is 0 Å². The molecule has 5 nitrogen and oxygen atoms in total. The van der Waals surface area contributed by atoms with Gasteiger partial charge in [-0.15, -0.1) is 0 Å². The zero-order valence-electron chi connectivity index (χ0n) is 11.9. The first-order valence-corrected chi connectivity index (χ1v) is 7.44. The molecule has 1 aromatic heterocycles. The van der Waals surface area contributed by atoms with Gasteiger partial charge in [-0.1, -0.05) is 0 Å². The number of aliphatic hydroxyl groups excluding tert-OH is 1. The number of hydrogen-bond acceptors (Lipinski definition) is 4. The molecular formula is C14H20BrNO4. The average molecular weight is 346 g/mol. The van der Waals surface area contributed by atoms with Gasteiger partial charge in [0.2, 0.25) is 0 Å². The molecule has 1 aliphatic heterocycles. The monoisotopic (exact) mass is 345 g/mol. The number of aliphatic hydroxyl groups is 1. The van der Waals surface area contributed by atoms with E-state index in [1.54, 1.807) is 4.90 Å². The van der Waals surface area contributed by atoms with E-state index >= 15 is 0 Å². The van der Waals surface area contributed by atoms with Crippen LogP contribution in [0.25, 0.3) is 0 Å². The Balaban J connectivity index is 1.93. The van der Waals surface area contributed by atoms with Crippen LogP contribution in [0, 0.1) is 5.92 Å². The molecule has 20 heavy (non-hydrogen) atoms. The Morgan fingerprint density at radius 2 is 2.20 bits per heavy atom. The zero-order chi connectivity index (χ0) is 14.9. The molecule has 0 aliphatic carbocycles. The van der Waals surface area contributed by atoms with E-state index in [1.165, 1.54) is 0 Å².